The lowest BCUT2D eigenvalue weighted by molar-refractivity contribution is -0.117. The third-order valence-corrected chi connectivity index (χ3v) is 4.50. The Bertz CT molecular complexity index is 608. The summed E-state index contributed by atoms with van der Waals surface area (Å²) in [5, 5.41) is 7.11. The van der Waals surface area contributed by atoms with Gasteiger partial charge in [-0.2, -0.15) is 5.10 Å². The van der Waals surface area contributed by atoms with Crippen molar-refractivity contribution >= 4 is 39.0 Å². The maximum atomic E-state index is 12.1. The minimum Gasteiger partial charge on any atom is -0.310 e. The number of amides is 1. The number of carbonyl (C=O) groups excluding carboxylic acids is 1. The van der Waals surface area contributed by atoms with Crippen molar-refractivity contribution in [3.05, 3.63) is 33.1 Å². The van der Waals surface area contributed by atoms with Crippen LogP contribution in [0.5, 0.6) is 0 Å². The lowest BCUT2D eigenvalue weighted by Crippen LogP contribution is -2.30. The molecule has 0 unspecified atom stereocenters. The van der Waals surface area contributed by atoms with Crippen molar-refractivity contribution in [3.8, 4) is 0 Å². The maximum absolute atomic E-state index is 12.1. The number of rotatable bonds is 6. The summed E-state index contributed by atoms with van der Waals surface area (Å²) in [5.74, 6) is 0.706. The molecule has 0 fully saturated rings. The number of hydrogen-bond acceptors (Lipinski definition) is 4. The molecule has 2 aromatic rings. The van der Waals surface area contributed by atoms with E-state index in [0.29, 0.717) is 6.54 Å². The summed E-state index contributed by atoms with van der Waals surface area (Å²) in [5.41, 5.74) is 0. The summed E-state index contributed by atoms with van der Waals surface area (Å²) in [4.78, 5) is 15.3. The zero-order valence-corrected chi connectivity index (χ0v) is 14.7. The average Bonchev–Trinajstić information content (AvgIpc) is 2.98. The van der Waals surface area contributed by atoms with Crippen molar-refractivity contribution in [3.63, 3.8) is 0 Å². The van der Waals surface area contributed by atoms with Gasteiger partial charge in [0.2, 0.25) is 5.91 Å². The van der Waals surface area contributed by atoms with Gasteiger partial charge in [-0.15, -0.1) is 11.3 Å². The number of aromatic nitrogens is 2. The molecule has 1 amide bonds. The van der Waals surface area contributed by atoms with Crippen molar-refractivity contribution in [1.82, 2.24) is 14.7 Å². The van der Waals surface area contributed by atoms with Crippen molar-refractivity contribution in [2.75, 3.05) is 18.9 Å². The summed E-state index contributed by atoms with van der Waals surface area (Å²) >= 11 is 5.13. The second-order valence-corrected chi connectivity index (χ2v) is 7.73. The van der Waals surface area contributed by atoms with E-state index in [1.54, 1.807) is 22.2 Å². The SMILES string of the molecule is CC(C)n1nccc1NC(=O)CN(C)Cc1ccc(Br)s1. The average molecular weight is 371 g/mol. The molecule has 0 saturated carbocycles. The molecule has 2 heterocycles. The zero-order valence-electron chi connectivity index (χ0n) is 12.3. The molecular weight excluding hydrogens is 352 g/mol. The van der Waals surface area contributed by atoms with Crippen LogP contribution in [0.15, 0.2) is 28.2 Å². The van der Waals surface area contributed by atoms with Gasteiger partial charge in [-0.05, 0) is 49.0 Å². The molecule has 21 heavy (non-hydrogen) atoms. The summed E-state index contributed by atoms with van der Waals surface area (Å²) < 4.78 is 2.91. The molecular formula is C14H19BrN4OS. The van der Waals surface area contributed by atoms with Crippen LogP contribution in [0.3, 0.4) is 0 Å². The van der Waals surface area contributed by atoms with Crippen LogP contribution in [0.2, 0.25) is 0 Å². The van der Waals surface area contributed by atoms with Crippen LogP contribution in [0.4, 0.5) is 5.82 Å². The Balaban J connectivity index is 1.87. The van der Waals surface area contributed by atoms with Crippen LogP contribution in [0.25, 0.3) is 0 Å². The van der Waals surface area contributed by atoms with Gasteiger partial charge >= 0.3 is 0 Å². The molecule has 0 radical (unpaired) electrons. The van der Waals surface area contributed by atoms with Gasteiger partial charge in [0.05, 0.1) is 16.5 Å². The Kier molecular flexibility index (Phi) is 5.55. The second kappa shape index (κ2) is 7.20. The topological polar surface area (TPSA) is 50.2 Å². The van der Waals surface area contributed by atoms with Crippen molar-refractivity contribution in [2.45, 2.75) is 26.4 Å². The van der Waals surface area contributed by atoms with E-state index in [1.165, 1.54) is 4.88 Å². The molecule has 5 nitrogen and oxygen atoms in total. The molecule has 2 aromatic heterocycles. The molecule has 0 spiro atoms. The third kappa shape index (κ3) is 4.66. The van der Waals surface area contributed by atoms with Crippen LogP contribution in [0, 0.1) is 0 Å². The summed E-state index contributed by atoms with van der Waals surface area (Å²) in [6.07, 6.45) is 1.70. The van der Waals surface area contributed by atoms with Gasteiger partial charge in [-0.1, -0.05) is 0 Å². The molecule has 0 aliphatic heterocycles. The molecule has 2 rings (SSSR count). The predicted octanol–water partition coefficient (Wildman–Crippen LogP) is 3.36. The first-order valence-corrected chi connectivity index (χ1v) is 8.33. The van der Waals surface area contributed by atoms with Crippen molar-refractivity contribution < 1.29 is 4.79 Å². The fraction of sp³-hybridized carbons (Fsp3) is 0.429. The highest BCUT2D eigenvalue weighted by Gasteiger charge is 2.12. The summed E-state index contributed by atoms with van der Waals surface area (Å²) in [6, 6.07) is 6.12. The normalized spacial score (nSPS) is 11.3. The van der Waals surface area contributed by atoms with Crippen LogP contribution < -0.4 is 5.32 Å². The molecule has 0 saturated heterocycles. The number of nitrogens with one attached hydrogen (secondary N) is 1. The van der Waals surface area contributed by atoms with E-state index < -0.39 is 0 Å². The quantitative estimate of drug-likeness (QED) is 0.847. The lowest BCUT2D eigenvalue weighted by atomic mass is 10.4. The first-order valence-electron chi connectivity index (χ1n) is 6.72. The molecule has 0 aromatic carbocycles. The molecule has 7 heteroatoms. The fourth-order valence-corrected chi connectivity index (χ4v) is 3.57. The minimum absolute atomic E-state index is 0.0319. The summed E-state index contributed by atoms with van der Waals surface area (Å²) in [7, 11) is 1.94. The van der Waals surface area contributed by atoms with Gasteiger partial charge in [0.1, 0.15) is 5.82 Å². The van der Waals surface area contributed by atoms with Crippen LogP contribution >= 0.6 is 27.3 Å². The van der Waals surface area contributed by atoms with E-state index in [2.05, 4.69) is 32.4 Å². The van der Waals surface area contributed by atoms with E-state index >= 15 is 0 Å². The fourth-order valence-electron chi connectivity index (χ4n) is 2.01. The highest BCUT2D eigenvalue weighted by atomic mass is 79.9. The Morgan fingerprint density at radius 1 is 1.48 bits per heavy atom. The smallest absolute Gasteiger partial charge is 0.239 e. The van der Waals surface area contributed by atoms with Crippen LogP contribution in [0.1, 0.15) is 24.8 Å². The lowest BCUT2D eigenvalue weighted by Gasteiger charge is -2.16. The third-order valence-electron chi connectivity index (χ3n) is 2.90. The Hall–Kier alpha value is -1.18. The van der Waals surface area contributed by atoms with E-state index in [1.807, 2.05) is 37.9 Å². The number of likely N-dealkylation sites (N-methyl/N-ethyl adjacent to an activating group) is 1. The van der Waals surface area contributed by atoms with Gasteiger partial charge in [0.25, 0.3) is 0 Å². The van der Waals surface area contributed by atoms with E-state index in [9.17, 15) is 4.79 Å². The Morgan fingerprint density at radius 3 is 2.86 bits per heavy atom. The molecule has 114 valence electrons. The molecule has 0 atom stereocenters. The number of thiophene rings is 1. The number of carbonyl (C=O) groups is 1. The number of nitrogens with zero attached hydrogens (tertiary/aromatic N) is 3. The molecule has 1 N–H and O–H groups in total. The number of anilines is 1. The Morgan fingerprint density at radius 2 is 2.24 bits per heavy atom. The Labute approximate surface area is 137 Å². The molecule has 0 aliphatic carbocycles. The first kappa shape index (κ1) is 16.2. The summed E-state index contributed by atoms with van der Waals surface area (Å²) in [6.45, 7) is 5.17. The van der Waals surface area contributed by atoms with Crippen molar-refractivity contribution in [1.29, 1.82) is 0 Å². The highest BCUT2D eigenvalue weighted by molar-refractivity contribution is 9.11. The minimum atomic E-state index is -0.0319. The van der Waals surface area contributed by atoms with E-state index in [0.717, 1.165) is 16.1 Å². The molecule has 0 bridgehead atoms. The predicted molar refractivity (Wildman–Crippen MR) is 89.6 cm³/mol. The largest absolute Gasteiger partial charge is 0.310 e. The van der Waals surface area contributed by atoms with Gasteiger partial charge in [-0.25, -0.2) is 4.68 Å². The van der Waals surface area contributed by atoms with Crippen LogP contribution in [-0.4, -0.2) is 34.2 Å². The number of halogens is 1. The highest BCUT2D eigenvalue weighted by Crippen LogP contribution is 2.22. The zero-order chi connectivity index (χ0) is 15.4. The monoisotopic (exact) mass is 370 g/mol. The van der Waals surface area contributed by atoms with E-state index in [-0.39, 0.29) is 11.9 Å². The number of hydrogen-bond donors (Lipinski definition) is 1. The van der Waals surface area contributed by atoms with E-state index in [4.69, 9.17) is 0 Å². The van der Waals surface area contributed by atoms with Crippen LogP contribution in [-0.2, 0) is 11.3 Å². The standard InChI is InChI=1S/C14H19BrN4OS/c1-10(2)19-13(6-7-16-19)17-14(20)9-18(3)8-11-4-5-12(15)21-11/h4-7,10H,8-9H2,1-3H3,(H,17,20). The van der Waals surface area contributed by atoms with Gasteiger partial charge in [0, 0.05) is 23.5 Å². The molecule has 0 aliphatic rings. The van der Waals surface area contributed by atoms with Crippen molar-refractivity contribution in [2.24, 2.45) is 0 Å². The van der Waals surface area contributed by atoms with Gasteiger partial charge in [-0.3, -0.25) is 9.69 Å². The second-order valence-electron chi connectivity index (χ2n) is 5.18. The maximum Gasteiger partial charge on any atom is 0.239 e. The van der Waals surface area contributed by atoms with Gasteiger partial charge < -0.3 is 5.32 Å². The van der Waals surface area contributed by atoms with Gasteiger partial charge in [0.15, 0.2) is 0 Å². The first-order chi connectivity index (χ1) is 9.95.